The molecule has 3 heterocycles. The third-order valence-electron chi connectivity index (χ3n) is 5.37. The van der Waals surface area contributed by atoms with E-state index in [1.54, 1.807) is 17.1 Å². The molecule has 0 amide bonds. The number of fused-ring (bicyclic) bond motifs is 1. The average molecular weight is 370 g/mol. The van der Waals surface area contributed by atoms with Crippen LogP contribution in [0.5, 0.6) is 0 Å². The molecule has 4 rings (SSSR count). The molecule has 0 bridgehead atoms. The Morgan fingerprint density at radius 1 is 1.19 bits per heavy atom. The Hall–Kier alpha value is -2.48. The zero-order valence-electron chi connectivity index (χ0n) is 15.9. The summed E-state index contributed by atoms with van der Waals surface area (Å²) in [6.07, 6.45) is 6.22. The fourth-order valence-corrected chi connectivity index (χ4v) is 3.83. The van der Waals surface area contributed by atoms with Crippen LogP contribution in [0.2, 0.25) is 0 Å². The lowest BCUT2D eigenvalue weighted by Gasteiger charge is -2.30. The molecule has 0 unspecified atom stereocenters. The fourth-order valence-electron chi connectivity index (χ4n) is 3.83. The van der Waals surface area contributed by atoms with E-state index in [1.807, 2.05) is 25.1 Å². The van der Waals surface area contributed by atoms with Crippen LogP contribution < -0.4 is 15.8 Å². The molecule has 2 aliphatic rings. The van der Waals surface area contributed by atoms with Crippen molar-refractivity contribution in [3.8, 4) is 0 Å². The molecule has 1 fully saturated rings. The molecule has 144 valence electrons. The van der Waals surface area contributed by atoms with Crippen LogP contribution in [0, 0.1) is 0 Å². The maximum Gasteiger partial charge on any atom is 0.267 e. The SMILES string of the molecule is CN(C)c1cc(NC2CCC(n3nc4c(cc3=O)COCC4)CC2)ncn1. The van der Waals surface area contributed by atoms with Crippen LogP contribution >= 0.6 is 0 Å². The third kappa shape index (κ3) is 3.95. The van der Waals surface area contributed by atoms with Gasteiger partial charge < -0.3 is 15.0 Å². The van der Waals surface area contributed by atoms with Gasteiger partial charge >= 0.3 is 0 Å². The zero-order valence-corrected chi connectivity index (χ0v) is 15.9. The number of hydrogen-bond acceptors (Lipinski definition) is 7. The number of hydrogen-bond donors (Lipinski definition) is 1. The normalized spacial score (nSPS) is 22.1. The van der Waals surface area contributed by atoms with Gasteiger partial charge in [-0.3, -0.25) is 4.79 Å². The minimum atomic E-state index is -0.0120. The number of ether oxygens (including phenoxy) is 1. The fraction of sp³-hybridized carbons (Fsp3) is 0.579. The highest BCUT2D eigenvalue weighted by Crippen LogP contribution is 2.29. The van der Waals surface area contributed by atoms with Gasteiger partial charge in [0.05, 0.1) is 24.9 Å². The monoisotopic (exact) mass is 370 g/mol. The number of nitrogens with zero attached hydrogens (tertiary/aromatic N) is 5. The predicted molar refractivity (Wildman–Crippen MR) is 103 cm³/mol. The first-order chi connectivity index (χ1) is 13.1. The van der Waals surface area contributed by atoms with Crippen LogP contribution in [0.25, 0.3) is 0 Å². The summed E-state index contributed by atoms with van der Waals surface area (Å²) in [4.78, 5) is 23.0. The Morgan fingerprint density at radius 2 is 2.00 bits per heavy atom. The summed E-state index contributed by atoms with van der Waals surface area (Å²) in [6, 6.07) is 4.19. The van der Waals surface area contributed by atoms with Gasteiger partial charge in [0.1, 0.15) is 18.0 Å². The van der Waals surface area contributed by atoms with Gasteiger partial charge in [0.2, 0.25) is 0 Å². The molecule has 0 radical (unpaired) electrons. The smallest absolute Gasteiger partial charge is 0.267 e. The van der Waals surface area contributed by atoms with E-state index < -0.39 is 0 Å². The van der Waals surface area contributed by atoms with Gasteiger partial charge in [0.15, 0.2) is 0 Å². The Bertz CT molecular complexity index is 858. The highest BCUT2D eigenvalue weighted by Gasteiger charge is 2.25. The van der Waals surface area contributed by atoms with Gasteiger partial charge in [-0.2, -0.15) is 5.10 Å². The second-order valence-corrected chi connectivity index (χ2v) is 7.51. The predicted octanol–water partition coefficient (Wildman–Crippen LogP) is 1.77. The second kappa shape index (κ2) is 7.64. The summed E-state index contributed by atoms with van der Waals surface area (Å²) in [5.74, 6) is 1.73. The van der Waals surface area contributed by atoms with Crippen molar-refractivity contribution in [3.05, 3.63) is 40.1 Å². The molecule has 0 saturated heterocycles. The Morgan fingerprint density at radius 3 is 2.78 bits per heavy atom. The van der Waals surface area contributed by atoms with E-state index in [0.717, 1.165) is 55.0 Å². The highest BCUT2D eigenvalue weighted by molar-refractivity contribution is 5.47. The van der Waals surface area contributed by atoms with E-state index in [9.17, 15) is 4.79 Å². The van der Waals surface area contributed by atoms with Gasteiger partial charge in [-0.05, 0) is 25.7 Å². The topological polar surface area (TPSA) is 85.2 Å². The Balaban J connectivity index is 1.41. The van der Waals surface area contributed by atoms with E-state index in [0.29, 0.717) is 19.3 Å². The molecule has 2 aromatic heterocycles. The van der Waals surface area contributed by atoms with Crippen LogP contribution in [0.1, 0.15) is 43.0 Å². The van der Waals surface area contributed by atoms with Crippen LogP contribution in [0.3, 0.4) is 0 Å². The zero-order chi connectivity index (χ0) is 18.8. The van der Waals surface area contributed by atoms with Crippen molar-refractivity contribution < 1.29 is 4.74 Å². The van der Waals surface area contributed by atoms with E-state index in [1.165, 1.54) is 0 Å². The highest BCUT2D eigenvalue weighted by atomic mass is 16.5. The second-order valence-electron chi connectivity index (χ2n) is 7.51. The van der Waals surface area contributed by atoms with Crippen LogP contribution in [-0.2, 0) is 17.8 Å². The number of rotatable bonds is 4. The number of nitrogens with one attached hydrogen (secondary N) is 1. The Labute approximate surface area is 158 Å². The standard InChI is InChI=1S/C19H26N6O2/c1-24(2)18-10-17(20-12-21-18)22-14-3-5-15(6-4-14)25-19(26)9-13-11-27-8-7-16(13)23-25/h9-10,12,14-15H,3-8,11H2,1-2H3,(H,20,21,22). The summed E-state index contributed by atoms with van der Waals surface area (Å²) in [6.45, 7) is 1.19. The summed E-state index contributed by atoms with van der Waals surface area (Å²) in [5, 5.41) is 8.16. The van der Waals surface area contributed by atoms with Crippen molar-refractivity contribution in [3.63, 3.8) is 0 Å². The summed E-state index contributed by atoms with van der Waals surface area (Å²) in [5.41, 5.74) is 1.94. The first-order valence-electron chi connectivity index (χ1n) is 9.55. The summed E-state index contributed by atoms with van der Waals surface area (Å²) < 4.78 is 7.12. The lowest BCUT2D eigenvalue weighted by Crippen LogP contribution is -2.35. The van der Waals surface area contributed by atoms with Gasteiger partial charge in [0, 0.05) is 44.3 Å². The van der Waals surface area contributed by atoms with E-state index in [2.05, 4.69) is 20.4 Å². The van der Waals surface area contributed by atoms with Gasteiger partial charge in [0.25, 0.3) is 5.56 Å². The molecule has 1 saturated carbocycles. The Kier molecular flexibility index (Phi) is 5.07. The van der Waals surface area contributed by atoms with Crippen molar-refractivity contribution in [1.29, 1.82) is 0 Å². The molecule has 1 aliphatic heterocycles. The molecule has 8 heteroatoms. The van der Waals surface area contributed by atoms with Gasteiger partial charge in [-0.15, -0.1) is 0 Å². The van der Waals surface area contributed by atoms with Crippen LogP contribution in [0.15, 0.2) is 23.3 Å². The third-order valence-corrected chi connectivity index (χ3v) is 5.37. The number of anilines is 2. The quantitative estimate of drug-likeness (QED) is 0.878. The molecule has 0 spiro atoms. The average Bonchev–Trinajstić information content (AvgIpc) is 2.68. The van der Waals surface area contributed by atoms with Crippen LogP contribution in [-0.4, -0.2) is 46.5 Å². The van der Waals surface area contributed by atoms with Crippen molar-refractivity contribution in [2.75, 3.05) is 30.9 Å². The molecular weight excluding hydrogens is 344 g/mol. The van der Waals surface area contributed by atoms with Crippen molar-refractivity contribution in [1.82, 2.24) is 19.7 Å². The summed E-state index contributed by atoms with van der Waals surface area (Å²) in [7, 11) is 3.93. The lowest BCUT2D eigenvalue weighted by molar-refractivity contribution is 0.107. The van der Waals surface area contributed by atoms with Crippen molar-refractivity contribution >= 4 is 11.6 Å². The maximum absolute atomic E-state index is 12.5. The van der Waals surface area contributed by atoms with E-state index in [4.69, 9.17) is 4.74 Å². The van der Waals surface area contributed by atoms with Crippen molar-refractivity contribution in [2.24, 2.45) is 0 Å². The molecule has 1 N–H and O–H groups in total. The molecule has 8 nitrogen and oxygen atoms in total. The minimum Gasteiger partial charge on any atom is -0.376 e. The molecule has 2 aromatic rings. The molecule has 0 atom stereocenters. The van der Waals surface area contributed by atoms with Gasteiger partial charge in [-0.25, -0.2) is 14.6 Å². The first-order valence-corrected chi connectivity index (χ1v) is 9.55. The van der Waals surface area contributed by atoms with Crippen molar-refractivity contribution in [2.45, 2.75) is 50.8 Å². The lowest BCUT2D eigenvalue weighted by atomic mass is 9.91. The van der Waals surface area contributed by atoms with E-state index >= 15 is 0 Å². The maximum atomic E-state index is 12.5. The minimum absolute atomic E-state index is 0.0120. The van der Waals surface area contributed by atoms with Crippen LogP contribution in [0.4, 0.5) is 11.6 Å². The first kappa shape index (κ1) is 17.9. The number of aromatic nitrogens is 4. The molecule has 27 heavy (non-hydrogen) atoms. The van der Waals surface area contributed by atoms with E-state index in [-0.39, 0.29) is 11.6 Å². The largest absolute Gasteiger partial charge is 0.376 e. The van der Waals surface area contributed by atoms with Gasteiger partial charge in [-0.1, -0.05) is 0 Å². The molecular formula is C19H26N6O2. The molecule has 1 aliphatic carbocycles. The summed E-state index contributed by atoms with van der Waals surface area (Å²) >= 11 is 0. The molecule has 0 aromatic carbocycles.